The van der Waals surface area contributed by atoms with Crippen LogP contribution in [-0.2, 0) is 11.3 Å². The summed E-state index contributed by atoms with van der Waals surface area (Å²) in [5.41, 5.74) is -0.100. The van der Waals surface area contributed by atoms with Crippen LogP contribution in [0, 0.1) is 0 Å². The van der Waals surface area contributed by atoms with Gasteiger partial charge in [-0.2, -0.15) is 0 Å². The van der Waals surface area contributed by atoms with Crippen LogP contribution in [0.2, 0.25) is 5.02 Å². The first-order valence-corrected chi connectivity index (χ1v) is 7.83. The third-order valence-electron chi connectivity index (χ3n) is 3.19. The molecular formula is C17H19ClN2O3. The van der Waals surface area contributed by atoms with Crippen molar-refractivity contribution in [3.05, 3.63) is 64.0 Å². The summed E-state index contributed by atoms with van der Waals surface area (Å²) >= 11 is 5.84. The molecule has 2 rings (SSSR count). The number of hydrogen-bond acceptors (Lipinski definition) is 3. The molecule has 122 valence electrons. The third-order valence-corrected chi connectivity index (χ3v) is 3.41. The van der Waals surface area contributed by atoms with E-state index in [1.54, 1.807) is 12.3 Å². The van der Waals surface area contributed by atoms with Crippen molar-refractivity contribution in [1.29, 1.82) is 0 Å². The summed E-state index contributed by atoms with van der Waals surface area (Å²) in [6, 6.07) is 12.4. The molecule has 0 saturated carbocycles. The van der Waals surface area contributed by atoms with Crippen molar-refractivity contribution in [2.45, 2.75) is 19.4 Å². The van der Waals surface area contributed by atoms with Crippen LogP contribution in [0.3, 0.4) is 0 Å². The molecule has 23 heavy (non-hydrogen) atoms. The Morgan fingerprint density at radius 2 is 1.96 bits per heavy atom. The van der Waals surface area contributed by atoms with Gasteiger partial charge in [0.2, 0.25) is 5.91 Å². The SMILES string of the molecule is O=C(CCOc1ccccc1)NCCCn1cc(Cl)ccc1=O. The van der Waals surface area contributed by atoms with Gasteiger partial charge in [-0.25, -0.2) is 0 Å². The van der Waals surface area contributed by atoms with E-state index in [1.165, 1.54) is 10.6 Å². The number of hydrogen-bond donors (Lipinski definition) is 1. The smallest absolute Gasteiger partial charge is 0.250 e. The van der Waals surface area contributed by atoms with Gasteiger partial charge >= 0.3 is 0 Å². The second-order valence-corrected chi connectivity index (χ2v) is 5.43. The Morgan fingerprint density at radius 3 is 2.74 bits per heavy atom. The highest BCUT2D eigenvalue weighted by atomic mass is 35.5. The van der Waals surface area contributed by atoms with Gasteiger partial charge in [-0.3, -0.25) is 9.59 Å². The highest BCUT2D eigenvalue weighted by molar-refractivity contribution is 6.30. The Morgan fingerprint density at radius 1 is 1.17 bits per heavy atom. The lowest BCUT2D eigenvalue weighted by Gasteiger charge is -2.08. The molecule has 6 heteroatoms. The highest BCUT2D eigenvalue weighted by Gasteiger charge is 2.02. The minimum atomic E-state index is -0.100. The molecule has 0 saturated heterocycles. The predicted molar refractivity (Wildman–Crippen MR) is 89.9 cm³/mol. The molecule has 0 fully saturated rings. The number of nitrogens with one attached hydrogen (secondary N) is 1. The number of aryl methyl sites for hydroxylation is 1. The van der Waals surface area contributed by atoms with Crippen LogP contribution in [0.4, 0.5) is 0 Å². The molecule has 1 aromatic heterocycles. The fourth-order valence-electron chi connectivity index (χ4n) is 2.02. The van der Waals surface area contributed by atoms with Gasteiger partial charge in [-0.05, 0) is 24.6 Å². The number of ether oxygens (including phenoxy) is 1. The monoisotopic (exact) mass is 334 g/mol. The lowest BCUT2D eigenvalue weighted by Crippen LogP contribution is -2.27. The van der Waals surface area contributed by atoms with Crippen LogP contribution in [0.25, 0.3) is 0 Å². The highest BCUT2D eigenvalue weighted by Crippen LogP contribution is 2.08. The van der Waals surface area contributed by atoms with E-state index in [0.29, 0.717) is 37.6 Å². The average Bonchev–Trinajstić information content (AvgIpc) is 2.55. The molecule has 1 N–H and O–H groups in total. The maximum Gasteiger partial charge on any atom is 0.250 e. The summed E-state index contributed by atoms with van der Waals surface area (Å²) in [7, 11) is 0. The summed E-state index contributed by atoms with van der Waals surface area (Å²) in [4.78, 5) is 23.3. The summed E-state index contributed by atoms with van der Waals surface area (Å²) in [5, 5.41) is 3.33. The Balaban J connectivity index is 1.61. The second kappa shape index (κ2) is 9.00. The van der Waals surface area contributed by atoms with Crippen molar-refractivity contribution in [3.8, 4) is 5.75 Å². The Kier molecular flexibility index (Phi) is 6.69. The molecule has 0 aliphatic carbocycles. The van der Waals surface area contributed by atoms with Gasteiger partial charge in [0.15, 0.2) is 0 Å². The number of nitrogens with zero attached hydrogens (tertiary/aromatic N) is 1. The molecular weight excluding hydrogens is 316 g/mol. The lowest BCUT2D eigenvalue weighted by atomic mass is 10.3. The Labute approximate surface area is 139 Å². The third kappa shape index (κ3) is 6.16. The molecule has 1 aromatic carbocycles. The molecule has 1 amide bonds. The van der Waals surface area contributed by atoms with Gasteiger partial charge in [-0.1, -0.05) is 29.8 Å². The van der Waals surface area contributed by atoms with Crippen molar-refractivity contribution in [2.75, 3.05) is 13.2 Å². The van der Waals surface area contributed by atoms with Crippen molar-refractivity contribution in [1.82, 2.24) is 9.88 Å². The van der Waals surface area contributed by atoms with E-state index < -0.39 is 0 Å². The molecule has 5 nitrogen and oxygen atoms in total. The summed E-state index contributed by atoms with van der Waals surface area (Å²) < 4.78 is 6.99. The summed E-state index contributed by atoms with van der Waals surface area (Å²) in [5.74, 6) is 0.681. The molecule has 2 aromatic rings. The number of rotatable bonds is 8. The summed E-state index contributed by atoms with van der Waals surface area (Å²) in [6.07, 6.45) is 2.55. The van der Waals surface area contributed by atoms with E-state index in [-0.39, 0.29) is 11.5 Å². The molecule has 0 bridgehead atoms. The van der Waals surface area contributed by atoms with Gasteiger partial charge in [0.1, 0.15) is 5.75 Å². The van der Waals surface area contributed by atoms with Crippen molar-refractivity contribution >= 4 is 17.5 Å². The first-order valence-electron chi connectivity index (χ1n) is 7.46. The van der Waals surface area contributed by atoms with Gasteiger partial charge in [0.25, 0.3) is 5.56 Å². The zero-order valence-electron chi connectivity index (χ0n) is 12.7. The van der Waals surface area contributed by atoms with Crippen LogP contribution < -0.4 is 15.6 Å². The van der Waals surface area contributed by atoms with E-state index >= 15 is 0 Å². The number of pyridine rings is 1. The van der Waals surface area contributed by atoms with Gasteiger partial charge in [-0.15, -0.1) is 0 Å². The maximum atomic E-state index is 11.7. The summed E-state index contributed by atoms with van der Waals surface area (Å²) in [6.45, 7) is 1.35. The number of aromatic nitrogens is 1. The number of halogens is 1. The minimum absolute atomic E-state index is 0.0700. The zero-order valence-corrected chi connectivity index (χ0v) is 13.5. The number of carbonyl (C=O) groups excluding carboxylic acids is 1. The average molecular weight is 335 g/mol. The van der Waals surface area contributed by atoms with Crippen LogP contribution in [-0.4, -0.2) is 23.6 Å². The van der Waals surface area contributed by atoms with E-state index in [0.717, 1.165) is 5.75 Å². The number of carbonyl (C=O) groups is 1. The first-order chi connectivity index (χ1) is 11.1. The van der Waals surface area contributed by atoms with Crippen LogP contribution in [0.5, 0.6) is 5.75 Å². The fourth-order valence-corrected chi connectivity index (χ4v) is 2.20. The largest absolute Gasteiger partial charge is 0.493 e. The zero-order chi connectivity index (χ0) is 16.5. The topological polar surface area (TPSA) is 60.3 Å². The standard InChI is InChI=1S/C17H19ClN2O3/c18-14-7-8-17(22)20(13-14)11-4-10-19-16(21)9-12-23-15-5-2-1-3-6-15/h1-3,5-8,13H,4,9-12H2,(H,19,21). The number of amides is 1. The first kappa shape index (κ1) is 17.1. The van der Waals surface area contributed by atoms with Crippen molar-refractivity contribution < 1.29 is 9.53 Å². The number of benzene rings is 1. The quantitative estimate of drug-likeness (QED) is 0.754. The van der Waals surface area contributed by atoms with Crippen molar-refractivity contribution in [3.63, 3.8) is 0 Å². The Hall–Kier alpha value is -2.27. The van der Waals surface area contributed by atoms with Gasteiger partial charge in [0.05, 0.1) is 18.1 Å². The number of para-hydroxylation sites is 1. The molecule has 0 unspecified atom stereocenters. The van der Waals surface area contributed by atoms with Crippen LogP contribution >= 0.6 is 11.6 Å². The molecule has 0 spiro atoms. The molecule has 0 atom stereocenters. The van der Waals surface area contributed by atoms with Crippen LogP contribution in [0.1, 0.15) is 12.8 Å². The molecule has 0 aliphatic heterocycles. The predicted octanol–water partition coefficient (Wildman–Crippen LogP) is 2.48. The Bertz CT molecular complexity index is 686. The van der Waals surface area contributed by atoms with E-state index in [2.05, 4.69) is 5.32 Å². The second-order valence-electron chi connectivity index (χ2n) is 4.99. The van der Waals surface area contributed by atoms with Crippen molar-refractivity contribution in [2.24, 2.45) is 0 Å². The maximum absolute atomic E-state index is 11.7. The molecule has 1 heterocycles. The lowest BCUT2D eigenvalue weighted by molar-refractivity contribution is -0.121. The minimum Gasteiger partial charge on any atom is -0.493 e. The van der Waals surface area contributed by atoms with E-state index in [4.69, 9.17) is 16.3 Å². The molecule has 0 aliphatic rings. The van der Waals surface area contributed by atoms with E-state index in [9.17, 15) is 9.59 Å². The normalized spacial score (nSPS) is 10.3. The van der Waals surface area contributed by atoms with Crippen LogP contribution in [0.15, 0.2) is 53.5 Å². The molecule has 0 radical (unpaired) electrons. The van der Waals surface area contributed by atoms with Gasteiger partial charge < -0.3 is 14.6 Å². The fraction of sp³-hybridized carbons (Fsp3) is 0.294. The van der Waals surface area contributed by atoms with E-state index in [1.807, 2.05) is 30.3 Å². The van der Waals surface area contributed by atoms with Gasteiger partial charge in [0, 0.05) is 25.4 Å².